The Morgan fingerprint density at radius 1 is 1.29 bits per heavy atom. The second kappa shape index (κ2) is 7.11. The van der Waals surface area contributed by atoms with Crippen LogP contribution in [0.15, 0.2) is 24.3 Å². The molecule has 1 saturated carbocycles. The zero-order valence-corrected chi connectivity index (χ0v) is 12.3. The van der Waals surface area contributed by atoms with Crippen LogP contribution in [0.25, 0.3) is 0 Å². The molecule has 114 valence electrons. The fourth-order valence-electron chi connectivity index (χ4n) is 2.20. The maximum absolute atomic E-state index is 12.1. The molecule has 0 aromatic heterocycles. The quantitative estimate of drug-likeness (QED) is 0.811. The van der Waals surface area contributed by atoms with Gasteiger partial charge in [0, 0.05) is 19.6 Å². The smallest absolute Gasteiger partial charge is 0.335 e. The summed E-state index contributed by atoms with van der Waals surface area (Å²) in [7, 11) is 0. The Labute approximate surface area is 125 Å². The van der Waals surface area contributed by atoms with E-state index in [9.17, 15) is 9.59 Å². The minimum absolute atomic E-state index is 0.0551. The Morgan fingerprint density at radius 2 is 1.95 bits per heavy atom. The molecule has 1 fully saturated rings. The molecule has 2 N–H and O–H groups in total. The summed E-state index contributed by atoms with van der Waals surface area (Å²) in [4.78, 5) is 24.7. The van der Waals surface area contributed by atoms with Gasteiger partial charge in [-0.05, 0) is 37.0 Å². The molecule has 0 unspecified atom stereocenters. The average molecular weight is 290 g/mol. The summed E-state index contributed by atoms with van der Waals surface area (Å²) in [6.07, 6.45) is 3.69. The van der Waals surface area contributed by atoms with Gasteiger partial charge in [0.1, 0.15) is 0 Å². The first kappa shape index (κ1) is 15.4. The number of carbonyl (C=O) groups excluding carboxylic acids is 1. The number of nitrogens with one attached hydrogen (secondary N) is 1. The van der Waals surface area contributed by atoms with Gasteiger partial charge >= 0.3 is 12.0 Å². The molecule has 0 heterocycles. The van der Waals surface area contributed by atoms with Crippen molar-refractivity contribution in [3.8, 4) is 0 Å². The number of aromatic carboxylic acids is 1. The third-order valence-electron chi connectivity index (χ3n) is 3.82. The topological polar surface area (TPSA) is 69.6 Å². The number of nitrogens with zero attached hydrogens (tertiary/aromatic N) is 1. The van der Waals surface area contributed by atoms with Crippen molar-refractivity contribution < 1.29 is 14.7 Å². The SMILES string of the molecule is CCN(CCC1CC1)C(=O)NCc1ccc(C(=O)O)cc1. The van der Waals surface area contributed by atoms with Crippen LogP contribution in [0.2, 0.25) is 0 Å². The Morgan fingerprint density at radius 3 is 2.48 bits per heavy atom. The maximum Gasteiger partial charge on any atom is 0.335 e. The highest BCUT2D eigenvalue weighted by Gasteiger charge is 2.22. The van der Waals surface area contributed by atoms with E-state index >= 15 is 0 Å². The van der Waals surface area contributed by atoms with Gasteiger partial charge in [-0.15, -0.1) is 0 Å². The van der Waals surface area contributed by atoms with E-state index in [4.69, 9.17) is 5.11 Å². The minimum Gasteiger partial charge on any atom is -0.478 e. The minimum atomic E-state index is -0.942. The lowest BCUT2D eigenvalue weighted by molar-refractivity contribution is 0.0697. The summed E-state index contributed by atoms with van der Waals surface area (Å²) in [6.45, 7) is 3.91. The van der Waals surface area contributed by atoms with Gasteiger partial charge in [0.25, 0.3) is 0 Å². The van der Waals surface area contributed by atoms with E-state index < -0.39 is 5.97 Å². The van der Waals surface area contributed by atoms with Crippen molar-refractivity contribution in [2.45, 2.75) is 32.7 Å². The van der Waals surface area contributed by atoms with Crippen molar-refractivity contribution in [1.82, 2.24) is 10.2 Å². The molecule has 1 aromatic rings. The average Bonchev–Trinajstić information content (AvgIpc) is 3.30. The molecule has 2 amide bonds. The number of carboxylic acid groups (broad SMARTS) is 1. The van der Waals surface area contributed by atoms with E-state index in [-0.39, 0.29) is 11.6 Å². The van der Waals surface area contributed by atoms with E-state index in [1.54, 1.807) is 24.3 Å². The molecule has 5 heteroatoms. The molecule has 1 aromatic carbocycles. The second-order valence-corrected chi connectivity index (χ2v) is 5.47. The molecular formula is C16H22N2O3. The van der Waals surface area contributed by atoms with E-state index in [2.05, 4.69) is 5.32 Å². The van der Waals surface area contributed by atoms with E-state index in [1.165, 1.54) is 12.8 Å². The van der Waals surface area contributed by atoms with Crippen LogP contribution >= 0.6 is 0 Å². The third kappa shape index (κ3) is 4.77. The predicted molar refractivity (Wildman–Crippen MR) is 80.2 cm³/mol. The van der Waals surface area contributed by atoms with Gasteiger partial charge in [0.15, 0.2) is 0 Å². The Bertz CT molecular complexity index is 495. The van der Waals surface area contributed by atoms with Crippen LogP contribution < -0.4 is 5.32 Å². The highest BCUT2D eigenvalue weighted by Crippen LogP contribution is 2.32. The molecule has 0 bridgehead atoms. The fourth-order valence-corrected chi connectivity index (χ4v) is 2.20. The van der Waals surface area contributed by atoms with Crippen LogP contribution in [-0.4, -0.2) is 35.1 Å². The van der Waals surface area contributed by atoms with Crippen LogP contribution in [-0.2, 0) is 6.54 Å². The van der Waals surface area contributed by atoms with Gasteiger partial charge in [-0.25, -0.2) is 9.59 Å². The number of hydrogen-bond donors (Lipinski definition) is 2. The molecule has 1 aliphatic rings. The third-order valence-corrected chi connectivity index (χ3v) is 3.82. The predicted octanol–water partition coefficient (Wildman–Crippen LogP) is 2.72. The zero-order valence-electron chi connectivity index (χ0n) is 12.3. The van der Waals surface area contributed by atoms with E-state index in [0.29, 0.717) is 13.1 Å². The summed E-state index contributed by atoms with van der Waals surface area (Å²) >= 11 is 0. The molecule has 0 radical (unpaired) electrons. The molecule has 0 saturated heterocycles. The molecule has 0 spiro atoms. The second-order valence-electron chi connectivity index (χ2n) is 5.47. The fraction of sp³-hybridized carbons (Fsp3) is 0.500. The largest absolute Gasteiger partial charge is 0.478 e. The number of benzene rings is 1. The highest BCUT2D eigenvalue weighted by atomic mass is 16.4. The summed E-state index contributed by atoms with van der Waals surface area (Å²) in [5, 5.41) is 11.7. The van der Waals surface area contributed by atoms with Crippen LogP contribution in [0.3, 0.4) is 0 Å². The molecule has 5 nitrogen and oxygen atoms in total. The summed E-state index contributed by atoms with van der Waals surface area (Å²) in [5.41, 5.74) is 1.15. The zero-order chi connectivity index (χ0) is 15.2. The first-order valence-corrected chi connectivity index (χ1v) is 7.45. The summed E-state index contributed by atoms with van der Waals surface area (Å²) in [6, 6.07) is 6.50. The molecule has 2 rings (SSSR count). The lowest BCUT2D eigenvalue weighted by Gasteiger charge is -2.21. The van der Waals surface area contributed by atoms with E-state index in [0.717, 1.165) is 24.4 Å². The number of urea groups is 1. The first-order chi connectivity index (χ1) is 10.1. The monoisotopic (exact) mass is 290 g/mol. The standard InChI is InChI=1S/C16H22N2O3/c1-2-18(10-9-12-3-4-12)16(21)17-11-13-5-7-14(8-6-13)15(19)20/h5-8,12H,2-4,9-11H2,1H3,(H,17,21)(H,19,20). The number of hydrogen-bond acceptors (Lipinski definition) is 2. The molecule has 0 atom stereocenters. The number of carbonyl (C=O) groups is 2. The van der Waals surface area contributed by atoms with Gasteiger partial charge < -0.3 is 15.3 Å². The van der Waals surface area contributed by atoms with Crippen molar-refractivity contribution in [2.75, 3.05) is 13.1 Å². The van der Waals surface area contributed by atoms with Crippen LogP contribution in [0, 0.1) is 5.92 Å². The summed E-state index contributed by atoms with van der Waals surface area (Å²) in [5.74, 6) is -0.127. The lowest BCUT2D eigenvalue weighted by Crippen LogP contribution is -2.40. The maximum atomic E-state index is 12.1. The lowest BCUT2D eigenvalue weighted by atomic mass is 10.1. The first-order valence-electron chi connectivity index (χ1n) is 7.45. The van der Waals surface area contributed by atoms with Crippen molar-refractivity contribution >= 4 is 12.0 Å². The van der Waals surface area contributed by atoms with Crippen LogP contribution in [0.1, 0.15) is 42.1 Å². The van der Waals surface area contributed by atoms with Gasteiger partial charge in [-0.1, -0.05) is 25.0 Å². The molecular weight excluding hydrogens is 268 g/mol. The Hall–Kier alpha value is -2.04. The van der Waals surface area contributed by atoms with Crippen molar-refractivity contribution in [3.63, 3.8) is 0 Å². The van der Waals surface area contributed by atoms with Crippen molar-refractivity contribution in [2.24, 2.45) is 5.92 Å². The van der Waals surface area contributed by atoms with Gasteiger partial charge in [-0.2, -0.15) is 0 Å². The van der Waals surface area contributed by atoms with Gasteiger partial charge in [0.05, 0.1) is 5.56 Å². The Kier molecular flexibility index (Phi) is 5.20. The number of rotatable bonds is 7. The molecule has 21 heavy (non-hydrogen) atoms. The Balaban J connectivity index is 1.79. The van der Waals surface area contributed by atoms with E-state index in [1.807, 2.05) is 11.8 Å². The van der Waals surface area contributed by atoms with Crippen molar-refractivity contribution in [3.05, 3.63) is 35.4 Å². The van der Waals surface area contributed by atoms with Gasteiger partial charge in [0.2, 0.25) is 0 Å². The number of amides is 2. The molecule has 0 aliphatic heterocycles. The normalized spacial score (nSPS) is 13.8. The number of carboxylic acids is 1. The summed E-state index contributed by atoms with van der Waals surface area (Å²) < 4.78 is 0. The van der Waals surface area contributed by atoms with Crippen LogP contribution in [0.4, 0.5) is 4.79 Å². The van der Waals surface area contributed by atoms with Gasteiger partial charge in [-0.3, -0.25) is 0 Å². The highest BCUT2D eigenvalue weighted by molar-refractivity contribution is 5.87. The van der Waals surface area contributed by atoms with Crippen LogP contribution in [0.5, 0.6) is 0 Å². The van der Waals surface area contributed by atoms with Crippen molar-refractivity contribution in [1.29, 1.82) is 0 Å². The molecule has 1 aliphatic carbocycles.